The molecule has 1 aromatic carbocycles. The number of amides is 1. The van der Waals surface area contributed by atoms with Crippen molar-refractivity contribution in [2.45, 2.75) is 0 Å². The zero-order valence-electron chi connectivity index (χ0n) is 8.01. The van der Waals surface area contributed by atoms with Gasteiger partial charge in [0.25, 0.3) is 0 Å². The predicted molar refractivity (Wildman–Crippen MR) is 52.3 cm³/mol. The molecule has 0 aliphatic rings. The summed E-state index contributed by atoms with van der Waals surface area (Å²) in [5.74, 6) is 0.354. The number of primary amides is 1. The summed E-state index contributed by atoms with van der Waals surface area (Å²) in [6.45, 7) is 0. The largest absolute Gasteiger partial charge is 0.504 e. The Labute approximate surface area is 85.9 Å². The molecule has 82 valence electrons. The van der Waals surface area contributed by atoms with Gasteiger partial charge in [-0.1, -0.05) is 0 Å². The molecule has 0 radical (unpaired) electrons. The number of aromatic hydroxyl groups is 1. The van der Waals surface area contributed by atoms with E-state index in [0.29, 0.717) is 17.6 Å². The van der Waals surface area contributed by atoms with Crippen molar-refractivity contribution in [1.29, 1.82) is 0 Å². The second-order valence-electron chi connectivity index (χ2n) is 2.39. The van der Waals surface area contributed by atoms with E-state index >= 15 is 0 Å². The fourth-order valence-electron chi connectivity index (χ4n) is 0.768. The van der Waals surface area contributed by atoms with Gasteiger partial charge in [-0.05, 0) is 18.2 Å². The Bertz CT molecular complexity index is 346. The molecule has 0 fully saturated rings. The van der Waals surface area contributed by atoms with E-state index in [0.717, 1.165) is 0 Å². The van der Waals surface area contributed by atoms with E-state index in [-0.39, 0.29) is 5.75 Å². The summed E-state index contributed by atoms with van der Waals surface area (Å²) >= 11 is 0. The number of nitrogens with two attached hydrogens (primary N) is 1. The number of carboxylic acid groups (broad SMARTS) is 1. The van der Waals surface area contributed by atoms with Crippen molar-refractivity contribution in [3.63, 3.8) is 0 Å². The molecular weight excluding hydrogens is 202 g/mol. The van der Waals surface area contributed by atoms with E-state index in [1.165, 1.54) is 25.3 Å². The lowest BCUT2D eigenvalue weighted by Gasteiger charge is -2.01. The molecule has 1 rings (SSSR count). The van der Waals surface area contributed by atoms with E-state index in [2.05, 4.69) is 5.73 Å². The number of benzene rings is 1. The standard InChI is InChI=1S/C8H8O3.CH3NO2/c1-11-8-4-6(5-9)2-3-7(8)10;2-1(3)4/h2-5,10H,1H3;2H2,(H,3,4). The fourth-order valence-corrected chi connectivity index (χ4v) is 0.768. The molecule has 1 amide bonds. The third-order valence-corrected chi connectivity index (χ3v) is 1.34. The molecule has 0 aliphatic carbocycles. The van der Waals surface area contributed by atoms with E-state index in [1.807, 2.05) is 0 Å². The maximum absolute atomic E-state index is 10.2. The third-order valence-electron chi connectivity index (χ3n) is 1.34. The molecule has 0 unspecified atom stereocenters. The van der Waals surface area contributed by atoms with Crippen molar-refractivity contribution in [1.82, 2.24) is 0 Å². The summed E-state index contributed by atoms with van der Waals surface area (Å²) in [7, 11) is 1.43. The van der Waals surface area contributed by atoms with Crippen molar-refractivity contribution in [2.75, 3.05) is 7.11 Å². The first kappa shape index (κ1) is 12.8. The van der Waals surface area contributed by atoms with Crippen molar-refractivity contribution in [3.05, 3.63) is 23.8 Å². The molecule has 6 nitrogen and oxygen atoms in total. The van der Waals surface area contributed by atoms with Gasteiger partial charge in [-0.15, -0.1) is 0 Å². The van der Waals surface area contributed by atoms with E-state index in [9.17, 15) is 4.79 Å². The lowest BCUT2D eigenvalue weighted by Crippen LogP contribution is -2.03. The van der Waals surface area contributed by atoms with Crippen molar-refractivity contribution in [2.24, 2.45) is 5.73 Å². The molecule has 4 N–H and O–H groups in total. The van der Waals surface area contributed by atoms with Gasteiger partial charge in [-0.25, -0.2) is 4.79 Å². The quantitative estimate of drug-likeness (QED) is 0.630. The van der Waals surface area contributed by atoms with Gasteiger partial charge in [0.05, 0.1) is 7.11 Å². The van der Waals surface area contributed by atoms with E-state index in [4.69, 9.17) is 19.7 Å². The molecule has 0 atom stereocenters. The monoisotopic (exact) mass is 213 g/mol. The molecule has 0 aromatic heterocycles. The van der Waals surface area contributed by atoms with Crippen LogP contribution in [0.1, 0.15) is 10.4 Å². The SMILES string of the molecule is COc1cc(C=O)ccc1O.NC(=O)O. The highest BCUT2D eigenvalue weighted by Gasteiger charge is 2.00. The highest BCUT2D eigenvalue weighted by Crippen LogP contribution is 2.25. The van der Waals surface area contributed by atoms with Crippen molar-refractivity contribution in [3.8, 4) is 11.5 Å². The number of phenols is 1. The van der Waals surface area contributed by atoms with Crippen LogP contribution in [0.4, 0.5) is 4.79 Å². The Balaban J connectivity index is 0.000000423. The minimum absolute atomic E-state index is 0.0399. The maximum atomic E-state index is 10.2. The Morgan fingerprint density at radius 2 is 2.07 bits per heavy atom. The van der Waals surface area contributed by atoms with Crippen LogP contribution in [-0.4, -0.2) is 29.7 Å². The fraction of sp³-hybridized carbons (Fsp3) is 0.111. The summed E-state index contributed by atoms with van der Waals surface area (Å²) in [5, 5.41) is 16.3. The van der Waals surface area contributed by atoms with Gasteiger partial charge in [0, 0.05) is 5.56 Å². The average molecular weight is 213 g/mol. The van der Waals surface area contributed by atoms with Crippen LogP contribution in [0.5, 0.6) is 11.5 Å². The number of phenolic OH excluding ortho intramolecular Hbond substituents is 1. The van der Waals surface area contributed by atoms with Crippen LogP contribution in [0.2, 0.25) is 0 Å². The number of carbonyl (C=O) groups is 2. The van der Waals surface area contributed by atoms with Crippen LogP contribution in [0.3, 0.4) is 0 Å². The molecule has 0 aliphatic heterocycles. The van der Waals surface area contributed by atoms with Gasteiger partial charge in [-0.3, -0.25) is 4.79 Å². The van der Waals surface area contributed by atoms with Gasteiger partial charge in [0.2, 0.25) is 0 Å². The van der Waals surface area contributed by atoms with Crippen LogP contribution >= 0.6 is 0 Å². The van der Waals surface area contributed by atoms with Gasteiger partial charge in [0.1, 0.15) is 6.29 Å². The number of methoxy groups -OCH3 is 1. The van der Waals surface area contributed by atoms with Gasteiger partial charge >= 0.3 is 6.09 Å². The lowest BCUT2D eigenvalue weighted by atomic mass is 10.2. The zero-order chi connectivity index (χ0) is 11.8. The number of hydrogen-bond donors (Lipinski definition) is 3. The maximum Gasteiger partial charge on any atom is 0.402 e. The highest BCUT2D eigenvalue weighted by molar-refractivity contribution is 5.76. The number of carbonyl (C=O) groups excluding carboxylic acids is 1. The Hall–Kier alpha value is -2.24. The second kappa shape index (κ2) is 6.25. The molecule has 0 saturated carbocycles. The number of ether oxygens (including phenoxy) is 1. The van der Waals surface area contributed by atoms with Gasteiger partial charge in [-0.2, -0.15) is 0 Å². The summed E-state index contributed by atoms with van der Waals surface area (Å²) in [5.41, 5.74) is 4.51. The zero-order valence-corrected chi connectivity index (χ0v) is 8.01. The van der Waals surface area contributed by atoms with Crippen LogP contribution < -0.4 is 10.5 Å². The molecule has 0 bridgehead atoms. The van der Waals surface area contributed by atoms with Gasteiger partial charge in [0.15, 0.2) is 11.5 Å². The molecular formula is C9H11NO5. The first-order chi connectivity index (χ1) is 7.01. The average Bonchev–Trinajstić information content (AvgIpc) is 2.18. The first-order valence-electron chi connectivity index (χ1n) is 3.81. The topological polar surface area (TPSA) is 110 Å². The van der Waals surface area contributed by atoms with Crippen molar-refractivity contribution < 1.29 is 24.5 Å². The number of rotatable bonds is 2. The Morgan fingerprint density at radius 1 is 1.53 bits per heavy atom. The summed E-state index contributed by atoms with van der Waals surface area (Å²) < 4.78 is 4.78. The molecule has 6 heteroatoms. The van der Waals surface area contributed by atoms with Gasteiger partial charge < -0.3 is 20.7 Å². The van der Waals surface area contributed by atoms with Crippen LogP contribution in [0, 0.1) is 0 Å². The molecule has 0 heterocycles. The predicted octanol–water partition coefficient (Wildman–Crippen LogP) is 0.836. The van der Waals surface area contributed by atoms with Crippen molar-refractivity contribution >= 4 is 12.4 Å². The first-order valence-corrected chi connectivity index (χ1v) is 3.81. The highest BCUT2D eigenvalue weighted by atomic mass is 16.5. The minimum Gasteiger partial charge on any atom is -0.504 e. The van der Waals surface area contributed by atoms with E-state index < -0.39 is 6.09 Å². The Kier molecular flexibility index (Phi) is 5.32. The van der Waals surface area contributed by atoms with Crippen LogP contribution in [-0.2, 0) is 0 Å². The Morgan fingerprint density at radius 3 is 2.47 bits per heavy atom. The minimum atomic E-state index is -1.33. The third kappa shape index (κ3) is 5.14. The summed E-state index contributed by atoms with van der Waals surface area (Å²) in [6, 6.07) is 4.41. The summed E-state index contributed by atoms with van der Waals surface area (Å²) in [6.07, 6.45) is -0.637. The normalized spacial score (nSPS) is 8.33. The molecule has 0 spiro atoms. The number of hydrogen-bond acceptors (Lipinski definition) is 4. The molecule has 15 heavy (non-hydrogen) atoms. The summed E-state index contributed by atoms with van der Waals surface area (Å²) in [4.78, 5) is 19.0. The molecule has 1 aromatic rings. The van der Waals surface area contributed by atoms with Crippen LogP contribution in [0.15, 0.2) is 18.2 Å². The second-order valence-corrected chi connectivity index (χ2v) is 2.39. The lowest BCUT2D eigenvalue weighted by molar-refractivity contribution is 0.112. The van der Waals surface area contributed by atoms with Crippen LogP contribution in [0.25, 0.3) is 0 Å². The smallest absolute Gasteiger partial charge is 0.402 e. The van der Waals surface area contributed by atoms with E-state index in [1.54, 1.807) is 0 Å². The number of aldehydes is 1. The molecule has 0 saturated heterocycles.